The van der Waals surface area contributed by atoms with Crippen LogP contribution in [0.4, 0.5) is 0 Å². The van der Waals surface area contributed by atoms with Gasteiger partial charge in [0.25, 0.3) is 0 Å². The number of unbranched alkanes of at least 4 members (excludes halogenated alkanes) is 3. The summed E-state index contributed by atoms with van der Waals surface area (Å²) in [6.07, 6.45) is 2.97. The van der Waals surface area contributed by atoms with Crippen LogP contribution in [0, 0.1) is 0 Å². The molecule has 0 radical (unpaired) electrons. The highest BCUT2D eigenvalue weighted by atomic mass is 16.4. The molecule has 0 spiro atoms. The third-order valence-corrected chi connectivity index (χ3v) is 2.91. The van der Waals surface area contributed by atoms with Crippen LogP contribution in [0.15, 0.2) is 0 Å². The number of hydrogen-bond donors (Lipinski definition) is 6. The number of aliphatic carboxylic acids is 4. The van der Waals surface area contributed by atoms with Crippen LogP contribution >= 0.6 is 0 Å². The Morgan fingerprint density at radius 3 is 1.25 bits per heavy atom. The molecule has 0 aliphatic carbocycles. The molecule has 24 heavy (non-hydrogen) atoms. The molecule has 0 unspecified atom stereocenters. The highest BCUT2D eigenvalue weighted by molar-refractivity contribution is 5.77. The van der Waals surface area contributed by atoms with E-state index in [1.807, 2.05) is 0 Å². The van der Waals surface area contributed by atoms with Crippen molar-refractivity contribution in [2.24, 2.45) is 11.5 Å². The lowest BCUT2D eigenvalue weighted by Crippen LogP contribution is -2.56. The summed E-state index contributed by atoms with van der Waals surface area (Å²) in [6.45, 7) is 0. The highest BCUT2D eigenvalue weighted by Crippen LogP contribution is 2.07. The summed E-state index contributed by atoms with van der Waals surface area (Å²) >= 11 is 0. The van der Waals surface area contributed by atoms with Crippen LogP contribution in [0.3, 0.4) is 0 Å². The quantitative estimate of drug-likeness (QED) is 0.212. The maximum Gasteiger partial charge on any atom is 0.338 e. The van der Waals surface area contributed by atoms with Gasteiger partial charge in [0.1, 0.15) is 0 Å². The maximum absolute atomic E-state index is 10.4. The van der Waals surface area contributed by atoms with Crippen molar-refractivity contribution >= 4 is 23.9 Å². The average molecular weight is 350 g/mol. The Labute approximate surface area is 139 Å². The molecule has 0 aromatic rings. The molecule has 0 aromatic carbocycles. The Kier molecular flexibility index (Phi) is 13.3. The minimum atomic E-state index is -1.74. The zero-order valence-electron chi connectivity index (χ0n) is 13.4. The Bertz CT molecular complexity index is 407. The summed E-state index contributed by atoms with van der Waals surface area (Å²) in [5.41, 5.74) is 8.68. The first-order valence-corrected chi connectivity index (χ1v) is 7.45. The molecule has 0 fully saturated rings. The van der Waals surface area contributed by atoms with Gasteiger partial charge in [-0.3, -0.25) is 14.4 Å². The second-order valence-corrected chi connectivity index (χ2v) is 5.29. The molecule has 10 heteroatoms. The monoisotopic (exact) mass is 350 g/mol. The van der Waals surface area contributed by atoms with Gasteiger partial charge >= 0.3 is 23.9 Å². The van der Waals surface area contributed by atoms with Crippen LogP contribution in [0.5, 0.6) is 0 Å². The van der Waals surface area contributed by atoms with E-state index in [4.69, 9.17) is 31.9 Å². The molecular formula is C14H26N2O8. The van der Waals surface area contributed by atoms with E-state index < -0.39 is 29.5 Å². The first-order chi connectivity index (χ1) is 11.0. The largest absolute Gasteiger partial charge is 0.481 e. The molecule has 0 aromatic heterocycles. The van der Waals surface area contributed by atoms with E-state index in [2.05, 4.69) is 0 Å². The molecule has 0 saturated heterocycles. The predicted octanol–water partition coefficient (Wildman–Crippen LogP) is 0.436. The number of rotatable bonds is 12. The summed E-state index contributed by atoms with van der Waals surface area (Å²) in [7, 11) is 0. The number of carboxylic acids is 4. The third kappa shape index (κ3) is 17.9. The molecule has 10 nitrogen and oxygen atoms in total. The lowest BCUT2D eigenvalue weighted by molar-refractivity contribution is -0.143. The van der Waals surface area contributed by atoms with E-state index >= 15 is 0 Å². The molecule has 0 amide bonds. The van der Waals surface area contributed by atoms with Gasteiger partial charge in [-0.15, -0.1) is 0 Å². The van der Waals surface area contributed by atoms with Gasteiger partial charge in [0, 0.05) is 19.3 Å². The summed E-state index contributed by atoms with van der Waals surface area (Å²) in [5, 5.41) is 33.2. The fourth-order valence-electron chi connectivity index (χ4n) is 1.53. The van der Waals surface area contributed by atoms with Gasteiger partial charge in [-0.2, -0.15) is 0 Å². The van der Waals surface area contributed by atoms with Crippen molar-refractivity contribution in [3.63, 3.8) is 0 Å². The van der Waals surface area contributed by atoms with Gasteiger partial charge in [0.15, 0.2) is 5.66 Å². The molecule has 0 aliphatic heterocycles. The highest BCUT2D eigenvalue weighted by Gasteiger charge is 2.27. The zero-order valence-corrected chi connectivity index (χ0v) is 13.4. The number of carbonyl (C=O) groups is 4. The Morgan fingerprint density at radius 1 is 0.625 bits per heavy atom. The van der Waals surface area contributed by atoms with E-state index in [1.165, 1.54) is 0 Å². The topological polar surface area (TPSA) is 201 Å². The lowest BCUT2D eigenvalue weighted by Gasteiger charge is -2.18. The standard InChI is InChI=1S/C7H14N2O4.C7H12O4/c8-7(9,6(12)13)4-2-1-3-5(10)11;8-6(9)4-2-1-3-5-7(10)11/h1-4,8-9H2,(H,10,11)(H,12,13);1-5H2,(H,8,9)(H,10,11). The molecule has 0 atom stereocenters. The van der Waals surface area contributed by atoms with E-state index in [1.54, 1.807) is 0 Å². The van der Waals surface area contributed by atoms with Crippen molar-refractivity contribution in [1.82, 2.24) is 0 Å². The maximum atomic E-state index is 10.4. The average Bonchev–Trinajstić information content (AvgIpc) is 2.43. The number of nitrogens with two attached hydrogens (primary N) is 2. The predicted molar refractivity (Wildman–Crippen MR) is 83.2 cm³/mol. The summed E-state index contributed by atoms with van der Waals surface area (Å²) in [4.78, 5) is 40.4. The smallest absolute Gasteiger partial charge is 0.338 e. The second-order valence-electron chi connectivity index (χ2n) is 5.29. The molecule has 140 valence electrons. The van der Waals surface area contributed by atoms with Gasteiger partial charge in [-0.1, -0.05) is 6.42 Å². The normalized spacial score (nSPS) is 10.4. The minimum absolute atomic E-state index is 0.00962. The minimum Gasteiger partial charge on any atom is -0.481 e. The van der Waals surface area contributed by atoms with Crippen LogP contribution in [0.2, 0.25) is 0 Å². The van der Waals surface area contributed by atoms with Crippen molar-refractivity contribution in [2.45, 2.75) is 63.5 Å². The third-order valence-electron chi connectivity index (χ3n) is 2.91. The van der Waals surface area contributed by atoms with Gasteiger partial charge in [0.05, 0.1) is 0 Å². The molecular weight excluding hydrogens is 324 g/mol. The molecule has 0 heterocycles. The lowest BCUT2D eigenvalue weighted by atomic mass is 10.0. The van der Waals surface area contributed by atoms with E-state index in [0.717, 1.165) is 0 Å². The molecule has 0 bridgehead atoms. The van der Waals surface area contributed by atoms with Gasteiger partial charge in [0.2, 0.25) is 0 Å². The van der Waals surface area contributed by atoms with E-state index in [9.17, 15) is 19.2 Å². The summed E-state index contributed by atoms with van der Waals surface area (Å²) in [6, 6.07) is 0. The van der Waals surface area contributed by atoms with Gasteiger partial charge < -0.3 is 31.9 Å². The van der Waals surface area contributed by atoms with Gasteiger partial charge in [-0.25, -0.2) is 4.79 Å². The van der Waals surface area contributed by atoms with E-state index in [0.29, 0.717) is 32.1 Å². The van der Waals surface area contributed by atoms with Crippen LogP contribution in [0.1, 0.15) is 57.8 Å². The Morgan fingerprint density at radius 2 is 0.958 bits per heavy atom. The summed E-state index contributed by atoms with van der Waals surface area (Å²) < 4.78 is 0. The fraction of sp³-hybridized carbons (Fsp3) is 0.714. The van der Waals surface area contributed by atoms with Crippen molar-refractivity contribution in [1.29, 1.82) is 0 Å². The van der Waals surface area contributed by atoms with Crippen molar-refractivity contribution in [3.05, 3.63) is 0 Å². The molecule has 0 saturated carbocycles. The molecule has 0 aliphatic rings. The SMILES string of the molecule is NC(N)(CCCCC(=O)O)C(=O)O.O=C(O)CCCCCC(=O)O. The van der Waals surface area contributed by atoms with Crippen LogP contribution in [0.25, 0.3) is 0 Å². The fourth-order valence-corrected chi connectivity index (χ4v) is 1.53. The van der Waals surface area contributed by atoms with Crippen LogP contribution in [-0.4, -0.2) is 50.0 Å². The Hall–Kier alpha value is -2.20. The first kappa shape index (κ1) is 24.1. The van der Waals surface area contributed by atoms with Crippen LogP contribution < -0.4 is 11.5 Å². The molecule has 8 N–H and O–H groups in total. The second kappa shape index (κ2) is 13.3. The van der Waals surface area contributed by atoms with Crippen molar-refractivity contribution < 1.29 is 39.6 Å². The Balaban J connectivity index is 0. The summed E-state index contributed by atoms with van der Waals surface area (Å²) in [5.74, 6) is -3.82. The van der Waals surface area contributed by atoms with Gasteiger partial charge in [-0.05, 0) is 32.1 Å². The molecule has 0 rings (SSSR count). The zero-order chi connectivity index (χ0) is 19.2. The van der Waals surface area contributed by atoms with Crippen molar-refractivity contribution in [3.8, 4) is 0 Å². The number of carboxylic acid groups (broad SMARTS) is 4. The first-order valence-electron chi connectivity index (χ1n) is 7.45. The van der Waals surface area contributed by atoms with Crippen LogP contribution in [-0.2, 0) is 19.2 Å². The number of hydrogen-bond acceptors (Lipinski definition) is 6. The van der Waals surface area contributed by atoms with E-state index in [-0.39, 0.29) is 25.7 Å². The van der Waals surface area contributed by atoms with Crippen molar-refractivity contribution in [2.75, 3.05) is 0 Å².